The SMILES string of the molecule is Cc1ccc(-n2nc3c(c2NC(=O)Cc2ccc(-c4ccccc4)cc2)CSC3)cc1. The van der Waals surface area contributed by atoms with Gasteiger partial charge in [0.15, 0.2) is 0 Å². The first-order chi connectivity index (χ1) is 15.2. The molecular weight excluding hydrogens is 402 g/mol. The molecule has 0 aliphatic carbocycles. The van der Waals surface area contributed by atoms with E-state index in [1.165, 1.54) is 11.1 Å². The summed E-state index contributed by atoms with van der Waals surface area (Å²) in [4.78, 5) is 12.9. The van der Waals surface area contributed by atoms with Crippen LogP contribution in [0.3, 0.4) is 0 Å². The minimum absolute atomic E-state index is 0.0274. The van der Waals surface area contributed by atoms with Crippen LogP contribution in [0.15, 0.2) is 78.9 Å². The molecule has 2 heterocycles. The van der Waals surface area contributed by atoms with Gasteiger partial charge in [0, 0.05) is 17.1 Å². The summed E-state index contributed by atoms with van der Waals surface area (Å²) >= 11 is 1.83. The van der Waals surface area contributed by atoms with Gasteiger partial charge in [-0.05, 0) is 35.7 Å². The van der Waals surface area contributed by atoms with Gasteiger partial charge in [0.1, 0.15) is 5.82 Å². The molecule has 0 spiro atoms. The Morgan fingerprint density at radius 3 is 2.39 bits per heavy atom. The smallest absolute Gasteiger partial charge is 0.229 e. The van der Waals surface area contributed by atoms with Gasteiger partial charge in [0.2, 0.25) is 5.91 Å². The highest BCUT2D eigenvalue weighted by molar-refractivity contribution is 7.98. The lowest BCUT2D eigenvalue weighted by atomic mass is 10.0. The lowest BCUT2D eigenvalue weighted by Gasteiger charge is -2.12. The minimum Gasteiger partial charge on any atom is -0.310 e. The van der Waals surface area contributed by atoms with Gasteiger partial charge in [-0.1, -0.05) is 72.3 Å². The fourth-order valence-corrected chi connectivity index (χ4v) is 4.86. The number of carbonyl (C=O) groups excluding carboxylic acids is 1. The average Bonchev–Trinajstić information content (AvgIpc) is 3.38. The molecule has 0 unspecified atom stereocenters. The maximum atomic E-state index is 12.9. The second-order valence-electron chi connectivity index (χ2n) is 7.80. The number of anilines is 1. The quantitative estimate of drug-likeness (QED) is 0.441. The first kappa shape index (κ1) is 19.6. The number of nitrogens with one attached hydrogen (secondary N) is 1. The van der Waals surface area contributed by atoms with Crippen LogP contribution < -0.4 is 5.32 Å². The van der Waals surface area contributed by atoms with Gasteiger partial charge in [-0.25, -0.2) is 4.68 Å². The van der Waals surface area contributed by atoms with Crippen LogP contribution in [-0.2, 0) is 22.7 Å². The zero-order valence-corrected chi connectivity index (χ0v) is 18.2. The van der Waals surface area contributed by atoms with Crippen molar-refractivity contribution >= 4 is 23.5 Å². The molecule has 5 heteroatoms. The molecule has 0 saturated carbocycles. The van der Waals surface area contributed by atoms with Crippen molar-refractivity contribution in [3.05, 3.63) is 101 Å². The Kier molecular flexibility index (Phi) is 5.35. The number of benzene rings is 3. The molecule has 154 valence electrons. The van der Waals surface area contributed by atoms with Gasteiger partial charge in [-0.3, -0.25) is 4.79 Å². The molecule has 0 saturated heterocycles. The normalized spacial score (nSPS) is 12.5. The molecular formula is C26H23N3OS. The third kappa shape index (κ3) is 4.14. The van der Waals surface area contributed by atoms with Gasteiger partial charge in [0.05, 0.1) is 17.8 Å². The average molecular weight is 426 g/mol. The number of nitrogens with zero attached hydrogens (tertiary/aromatic N) is 2. The fourth-order valence-electron chi connectivity index (χ4n) is 3.82. The van der Waals surface area contributed by atoms with E-state index < -0.39 is 0 Å². The molecule has 1 amide bonds. The van der Waals surface area contributed by atoms with Crippen molar-refractivity contribution in [2.75, 3.05) is 5.32 Å². The van der Waals surface area contributed by atoms with Crippen LogP contribution in [0.25, 0.3) is 16.8 Å². The Hall–Kier alpha value is -3.31. The number of aryl methyl sites for hydroxylation is 1. The molecule has 5 rings (SSSR count). The maximum Gasteiger partial charge on any atom is 0.229 e. The van der Waals surface area contributed by atoms with E-state index >= 15 is 0 Å². The van der Waals surface area contributed by atoms with E-state index in [-0.39, 0.29) is 5.91 Å². The summed E-state index contributed by atoms with van der Waals surface area (Å²) in [6, 6.07) is 26.7. The summed E-state index contributed by atoms with van der Waals surface area (Å²) in [5.74, 6) is 2.54. The molecule has 4 nitrogen and oxygen atoms in total. The van der Waals surface area contributed by atoms with E-state index in [0.717, 1.165) is 45.4 Å². The number of carbonyl (C=O) groups is 1. The molecule has 4 aromatic rings. The summed E-state index contributed by atoms with van der Waals surface area (Å²) in [5, 5.41) is 7.92. The number of thioether (sulfide) groups is 1. The first-order valence-electron chi connectivity index (χ1n) is 10.4. The molecule has 1 N–H and O–H groups in total. The monoisotopic (exact) mass is 425 g/mol. The summed E-state index contributed by atoms with van der Waals surface area (Å²) in [6.07, 6.45) is 0.329. The van der Waals surface area contributed by atoms with Crippen molar-refractivity contribution in [3.8, 4) is 16.8 Å². The summed E-state index contributed by atoms with van der Waals surface area (Å²) in [5.41, 5.74) is 7.68. The molecule has 3 aromatic carbocycles. The fraction of sp³-hybridized carbons (Fsp3) is 0.154. The van der Waals surface area contributed by atoms with E-state index in [4.69, 9.17) is 5.10 Å². The topological polar surface area (TPSA) is 46.9 Å². The van der Waals surface area contributed by atoms with Gasteiger partial charge in [-0.2, -0.15) is 16.9 Å². The summed E-state index contributed by atoms with van der Waals surface area (Å²) in [7, 11) is 0. The van der Waals surface area contributed by atoms with Gasteiger partial charge in [-0.15, -0.1) is 0 Å². The number of fused-ring (bicyclic) bond motifs is 1. The summed E-state index contributed by atoms with van der Waals surface area (Å²) < 4.78 is 1.88. The predicted octanol–water partition coefficient (Wildman–Crippen LogP) is 5.78. The Morgan fingerprint density at radius 1 is 0.935 bits per heavy atom. The first-order valence-corrected chi connectivity index (χ1v) is 11.5. The van der Waals surface area contributed by atoms with Crippen molar-refractivity contribution < 1.29 is 4.79 Å². The highest BCUT2D eigenvalue weighted by Crippen LogP contribution is 2.36. The number of rotatable bonds is 5. The van der Waals surface area contributed by atoms with Crippen LogP contribution in [0.1, 0.15) is 22.4 Å². The molecule has 31 heavy (non-hydrogen) atoms. The minimum atomic E-state index is -0.0274. The van der Waals surface area contributed by atoms with E-state index in [0.29, 0.717) is 6.42 Å². The number of aromatic nitrogens is 2. The van der Waals surface area contributed by atoms with Crippen molar-refractivity contribution in [3.63, 3.8) is 0 Å². The van der Waals surface area contributed by atoms with Crippen LogP contribution in [-0.4, -0.2) is 15.7 Å². The van der Waals surface area contributed by atoms with Gasteiger partial charge >= 0.3 is 0 Å². The maximum absolute atomic E-state index is 12.9. The Labute approximate surface area is 186 Å². The largest absolute Gasteiger partial charge is 0.310 e. The van der Waals surface area contributed by atoms with Crippen LogP contribution >= 0.6 is 11.8 Å². The third-order valence-corrected chi connectivity index (χ3v) is 6.48. The molecule has 1 aliphatic rings. The van der Waals surface area contributed by atoms with Crippen LogP contribution in [0.5, 0.6) is 0 Å². The Balaban J connectivity index is 1.35. The molecule has 1 aliphatic heterocycles. The second-order valence-corrected chi connectivity index (χ2v) is 8.79. The van der Waals surface area contributed by atoms with Crippen LogP contribution in [0, 0.1) is 6.92 Å². The van der Waals surface area contributed by atoms with E-state index in [1.54, 1.807) is 0 Å². The Bertz CT molecular complexity index is 1210. The number of hydrogen-bond donors (Lipinski definition) is 1. The number of hydrogen-bond acceptors (Lipinski definition) is 3. The van der Waals surface area contributed by atoms with Gasteiger partial charge in [0.25, 0.3) is 0 Å². The second kappa shape index (κ2) is 8.44. The molecule has 0 atom stereocenters. The lowest BCUT2D eigenvalue weighted by molar-refractivity contribution is -0.115. The van der Waals surface area contributed by atoms with Crippen molar-refractivity contribution in [1.82, 2.24) is 9.78 Å². The van der Waals surface area contributed by atoms with Crippen LogP contribution in [0.2, 0.25) is 0 Å². The van der Waals surface area contributed by atoms with E-state index in [1.807, 2.05) is 58.9 Å². The molecule has 1 aromatic heterocycles. The van der Waals surface area contributed by atoms with E-state index in [2.05, 4.69) is 48.6 Å². The molecule has 0 fully saturated rings. The highest BCUT2D eigenvalue weighted by Gasteiger charge is 2.24. The predicted molar refractivity (Wildman–Crippen MR) is 128 cm³/mol. The zero-order chi connectivity index (χ0) is 21.2. The van der Waals surface area contributed by atoms with Crippen LogP contribution in [0.4, 0.5) is 5.82 Å². The standard InChI is InChI=1S/C26H23N3OS/c1-18-7-13-22(14-8-18)29-26(23-16-31-17-24(23)28-29)27-25(30)15-19-9-11-21(12-10-19)20-5-3-2-4-6-20/h2-14H,15-17H2,1H3,(H,27,30). The molecule has 0 radical (unpaired) electrons. The molecule has 0 bridgehead atoms. The highest BCUT2D eigenvalue weighted by atomic mass is 32.2. The third-order valence-electron chi connectivity index (χ3n) is 5.51. The lowest BCUT2D eigenvalue weighted by Crippen LogP contribution is -2.18. The van der Waals surface area contributed by atoms with E-state index in [9.17, 15) is 4.79 Å². The van der Waals surface area contributed by atoms with Crippen molar-refractivity contribution in [2.24, 2.45) is 0 Å². The van der Waals surface area contributed by atoms with Gasteiger partial charge < -0.3 is 5.32 Å². The zero-order valence-electron chi connectivity index (χ0n) is 17.3. The Morgan fingerprint density at radius 2 is 1.65 bits per heavy atom. The van der Waals surface area contributed by atoms with Crippen molar-refractivity contribution in [1.29, 1.82) is 0 Å². The van der Waals surface area contributed by atoms with Crippen molar-refractivity contribution in [2.45, 2.75) is 24.9 Å². The summed E-state index contributed by atoms with van der Waals surface area (Å²) in [6.45, 7) is 2.06. The number of amides is 1.